The Bertz CT molecular complexity index is 1130. The summed E-state index contributed by atoms with van der Waals surface area (Å²) in [6.45, 7) is 6.02. The summed E-state index contributed by atoms with van der Waals surface area (Å²) in [5, 5.41) is 2.07. The third-order valence-electron chi connectivity index (χ3n) is 7.60. The van der Waals surface area contributed by atoms with Crippen molar-refractivity contribution >= 4 is 22.9 Å². The summed E-state index contributed by atoms with van der Waals surface area (Å²) in [5.41, 5.74) is 5.32. The number of anilines is 1. The van der Waals surface area contributed by atoms with Gasteiger partial charge in [-0.05, 0) is 42.7 Å². The van der Waals surface area contributed by atoms with Gasteiger partial charge in [-0.1, -0.05) is 107 Å². The molecule has 6 heteroatoms. The molecule has 0 saturated carbocycles. The second kappa shape index (κ2) is 19.3. The Morgan fingerprint density at radius 3 is 2.20 bits per heavy atom. The Kier molecular flexibility index (Phi) is 15.4. The number of rotatable bonds is 21. The largest absolute Gasteiger partial charge is 0.493 e. The van der Waals surface area contributed by atoms with Crippen LogP contribution in [0.5, 0.6) is 11.5 Å². The first-order valence-electron chi connectivity index (χ1n) is 15.7. The molecule has 1 amide bonds. The molecule has 0 spiro atoms. The first kappa shape index (κ1) is 32.7. The molecule has 0 saturated heterocycles. The number of methoxy groups -OCH3 is 1. The Morgan fingerprint density at radius 2 is 1.56 bits per heavy atom. The summed E-state index contributed by atoms with van der Waals surface area (Å²) >= 11 is 1.68. The molecule has 224 valence electrons. The SMILES string of the molecule is CCCCCCCCCCCCCCOc1ccc(CCN(C(C)=O)c2cccc(C[n+]3ccsc3)c2)cc1OC. The first-order chi connectivity index (χ1) is 20.1. The molecule has 41 heavy (non-hydrogen) atoms. The Hall–Kier alpha value is -2.86. The maximum atomic E-state index is 12.6. The number of carbonyl (C=O) groups excluding carboxylic acids is 1. The van der Waals surface area contributed by atoms with E-state index in [0.717, 1.165) is 42.1 Å². The van der Waals surface area contributed by atoms with Crippen LogP contribution in [0.4, 0.5) is 5.69 Å². The highest BCUT2D eigenvalue weighted by Gasteiger charge is 2.14. The van der Waals surface area contributed by atoms with E-state index >= 15 is 0 Å². The molecule has 0 atom stereocenters. The third-order valence-corrected chi connectivity index (χ3v) is 8.27. The summed E-state index contributed by atoms with van der Waals surface area (Å²) in [6.07, 6.45) is 18.8. The van der Waals surface area contributed by atoms with Crippen molar-refractivity contribution in [2.24, 2.45) is 0 Å². The van der Waals surface area contributed by atoms with Crippen molar-refractivity contribution in [3.63, 3.8) is 0 Å². The molecule has 0 N–H and O–H groups in total. The predicted molar refractivity (Wildman–Crippen MR) is 171 cm³/mol. The minimum atomic E-state index is 0.0414. The zero-order valence-electron chi connectivity index (χ0n) is 25.6. The molecule has 5 nitrogen and oxygen atoms in total. The van der Waals surface area contributed by atoms with E-state index in [4.69, 9.17) is 9.47 Å². The maximum absolute atomic E-state index is 12.6. The van der Waals surface area contributed by atoms with Crippen LogP contribution in [0.2, 0.25) is 0 Å². The lowest BCUT2D eigenvalue weighted by molar-refractivity contribution is -0.683. The molecular formula is C35H51N2O3S+. The Balaban J connectivity index is 1.39. The molecule has 1 heterocycles. The van der Waals surface area contributed by atoms with Gasteiger partial charge >= 0.3 is 0 Å². The quantitative estimate of drug-likeness (QED) is 0.0936. The molecule has 0 fully saturated rings. The van der Waals surface area contributed by atoms with Gasteiger partial charge in [-0.25, -0.2) is 0 Å². The molecular weight excluding hydrogens is 528 g/mol. The van der Waals surface area contributed by atoms with Crippen molar-refractivity contribution in [3.8, 4) is 11.5 Å². The van der Waals surface area contributed by atoms with E-state index in [2.05, 4.69) is 46.8 Å². The van der Waals surface area contributed by atoms with E-state index in [1.54, 1.807) is 25.4 Å². The minimum absolute atomic E-state index is 0.0414. The Morgan fingerprint density at radius 1 is 0.854 bits per heavy atom. The van der Waals surface area contributed by atoms with Gasteiger partial charge in [0.1, 0.15) is 0 Å². The van der Waals surface area contributed by atoms with E-state index in [-0.39, 0.29) is 5.91 Å². The van der Waals surface area contributed by atoms with Gasteiger partial charge in [-0.3, -0.25) is 4.79 Å². The van der Waals surface area contributed by atoms with Gasteiger partial charge in [0.2, 0.25) is 11.4 Å². The van der Waals surface area contributed by atoms with Crippen LogP contribution >= 0.6 is 11.3 Å². The number of nitrogens with zero attached hydrogens (tertiary/aromatic N) is 2. The second-order valence-electron chi connectivity index (χ2n) is 11.0. The molecule has 3 rings (SSSR count). The number of hydrogen-bond acceptors (Lipinski definition) is 4. The van der Waals surface area contributed by atoms with Crippen molar-refractivity contribution in [2.75, 3.05) is 25.2 Å². The molecule has 0 aliphatic carbocycles. The van der Waals surface area contributed by atoms with Gasteiger partial charge in [0.05, 0.1) is 19.1 Å². The second-order valence-corrected chi connectivity index (χ2v) is 11.8. The number of aromatic nitrogens is 1. The van der Waals surface area contributed by atoms with E-state index in [1.165, 1.54) is 76.2 Å². The van der Waals surface area contributed by atoms with Crippen molar-refractivity contribution in [1.82, 2.24) is 0 Å². The normalized spacial score (nSPS) is 11.0. The highest BCUT2D eigenvalue weighted by atomic mass is 32.1. The predicted octanol–water partition coefficient (Wildman–Crippen LogP) is 8.77. The van der Waals surface area contributed by atoms with E-state index in [9.17, 15) is 4.79 Å². The van der Waals surface area contributed by atoms with Crippen molar-refractivity contribution in [1.29, 1.82) is 0 Å². The fourth-order valence-electron chi connectivity index (χ4n) is 5.21. The smallest absolute Gasteiger partial charge is 0.224 e. The number of carbonyl (C=O) groups is 1. The lowest BCUT2D eigenvalue weighted by Crippen LogP contribution is -2.32. The maximum Gasteiger partial charge on any atom is 0.224 e. The monoisotopic (exact) mass is 579 g/mol. The molecule has 0 unspecified atom stereocenters. The molecule has 0 aliphatic heterocycles. The van der Waals surface area contributed by atoms with Crippen LogP contribution in [0.1, 0.15) is 102 Å². The number of benzene rings is 2. The van der Waals surface area contributed by atoms with E-state index < -0.39 is 0 Å². The summed E-state index contributed by atoms with van der Waals surface area (Å²) < 4.78 is 13.9. The van der Waals surface area contributed by atoms with Crippen LogP contribution in [0.3, 0.4) is 0 Å². The number of amides is 1. The van der Waals surface area contributed by atoms with E-state index in [1.807, 2.05) is 29.2 Å². The highest BCUT2D eigenvalue weighted by Crippen LogP contribution is 2.29. The zero-order chi connectivity index (χ0) is 29.1. The van der Waals surface area contributed by atoms with Crippen LogP contribution in [0.25, 0.3) is 0 Å². The highest BCUT2D eigenvalue weighted by molar-refractivity contribution is 7.07. The first-order valence-corrected chi connectivity index (χ1v) is 16.6. The minimum Gasteiger partial charge on any atom is -0.493 e. The summed E-state index contributed by atoms with van der Waals surface area (Å²) in [7, 11) is 1.69. The fourth-order valence-corrected chi connectivity index (χ4v) is 5.80. The third kappa shape index (κ3) is 12.3. The molecule has 1 aromatic heterocycles. The summed E-state index contributed by atoms with van der Waals surface area (Å²) in [5.74, 6) is 1.59. The van der Waals surface area contributed by atoms with Crippen molar-refractivity contribution < 1.29 is 18.8 Å². The number of thiazole rings is 1. The Labute approximate surface area is 252 Å². The van der Waals surface area contributed by atoms with Crippen molar-refractivity contribution in [2.45, 2.75) is 104 Å². The molecule has 0 bridgehead atoms. The van der Waals surface area contributed by atoms with Crippen LogP contribution in [-0.4, -0.2) is 26.2 Å². The molecule has 3 aromatic rings. The average Bonchev–Trinajstić information content (AvgIpc) is 3.49. The lowest BCUT2D eigenvalue weighted by Gasteiger charge is -2.22. The van der Waals surface area contributed by atoms with Crippen LogP contribution in [0.15, 0.2) is 59.6 Å². The van der Waals surface area contributed by atoms with Gasteiger partial charge < -0.3 is 14.4 Å². The average molecular weight is 580 g/mol. The van der Waals surface area contributed by atoms with Crippen LogP contribution in [-0.2, 0) is 17.8 Å². The van der Waals surface area contributed by atoms with Crippen LogP contribution < -0.4 is 18.9 Å². The summed E-state index contributed by atoms with van der Waals surface area (Å²) in [6, 6.07) is 14.4. The number of hydrogen-bond donors (Lipinski definition) is 0. The number of unbranched alkanes of at least 4 members (excludes halogenated alkanes) is 11. The molecule has 0 radical (unpaired) electrons. The van der Waals surface area contributed by atoms with Gasteiger partial charge in [0.15, 0.2) is 24.2 Å². The van der Waals surface area contributed by atoms with Crippen molar-refractivity contribution in [3.05, 3.63) is 70.7 Å². The van der Waals surface area contributed by atoms with Crippen LogP contribution in [0, 0.1) is 0 Å². The topological polar surface area (TPSA) is 42.7 Å². The van der Waals surface area contributed by atoms with E-state index in [0.29, 0.717) is 13.2 Å². The number of ether oxygens (including phenoxy) is 2. The molecule has 2 aromatic carbocycles. The molecule has 0 aliphatic rings. The van der Waals surface area contributed by atoms with Gasteiger partial charge in [-0.2, -0.15) is 4.57 Å². The zero-order valence-corrected chi connectivity index (χ0v) is 26.4. The van der Waals surface area contributed by atoms with Gasteiger partial charge in [0, 0.05) is 24.7 Å². The fraction of sp³-hybridized carbons (Fsp3) is 0.543. The van der Waals surface area contributed by atoms with Gasteiger partial charge in [0.25, 0.3) is 0 Å². The lowest BCUT2D eigenvalue weighted by atomic mass is 10.1. The standard InChI is InChI=1S/C35H51N2O3S/c1-4-5-6-7-8-9-10-11-12-13-14-15-24-40-34-20-19-31(27-35(34)39-3)21-22-37(30(2)38)33-18-16-17-32(26-33)28-36-23-25-41-29-36/h16-20,23,25-27,29H,4-15,21-22,24,28H2,1-3H3/q+1. The van der Waals surface area contributed by atoms with Gasteiger partial charge in [-0.15, -0.1) is 0 Å². The summed E-state index contributed by atoms with van der Waals surface area (Å²) in [4.78, 5) is 14.4.